The number of hydrogen-bond donors (Lipinski definition) is 1. The molecule has 0 unspecified atom stereocenters. The Bertz CT molecular complexity index is 781. The average molecular weight is 383 g/mol. The zero-order valence-corrected chi connectivity index (χ0v) is 15.1. The quantitative estimate of drug-likeness (QED) is 0.587. The summed E-state index contributed by atoms with van der Waals surface area (Å²) in [5.41, 5.74) is 3.02. The Morgan fingerprint density at radius 2 is 1.96 bits per heavy atom. The van der Waals surface area contributed by atoms with Crippen molar-refractivity contribution in [3.05, 3.63) is 52.0 Å². The second kappa shape index (κ2) is 9.15. The second-order valence-corrected chi connectivity index (χ2v) is 5.58. The number of benzene rings is 2. The molecular weight excluding hydrogens is 367 g/mol. The normalized spacial score (nSPS) is 10.6. The highest BCUT2D eigenvalue weighted by Gasteiger charge is 2.08. The van der Waals surface area contributed by atoms with Crippen molar-refractivity contribution in [1.29, 1.82) is 0 Å². The van der Waals surface area contributed by atoms with E-state index in [1.165, 1.54) is 19.4 Å². The highest BCUT2D eigenvalue weighted by molar-refractivity contribution is 6.35. The van der Waals surface area contributed by atoms with Crippen LogP contribution in [-0.4, -0.2) is 32.9 Å². The largest absolute Gasteiger partial charge is 0.493 e. The van der Waals surface area contributed by atoms with Crippen molar-refractivity contribution in [3.63, 3.8) is 0 Å². The Kier molecular flexibility index (Phi) is 6.91. The molecule has 2 aromatic rings. The molecular formula is C17H16Cl2N2O4. The highest BCUT2D eigenvalue weighted by atomic mass is 35.5. The van der Waals surface area contributed by atoms with E-state index in [-0.39, 0.29) is 6.61 Å². The lowest BCUT2D eigenvalue weighted by Crippen LogP contribution is -2.24. The molecule has 0 heterocycles. The first-order valence-corrected chi connectivity index (χ1v) is 7.91. The standard InChI is InChI=1S/C17H16Cl2N2O4/c1-23-15-5-3-4-11(17(15)24-2)9-20-21-16(22)10-25-14-7-6-12(18)8-13(14)19/h3-9H,10H2,1-2H3,(H,21,22)/b20-9-. The second-order valence-electron chi connectivity index (χ2n) is 4.74. The Hall–Kier alpha value is -2.44. The number of rotatable bonds is 7. The van der Waals surface area contributed by atoms with Crippen molar-refractivity contribution in [2.24, 2.45) is 5.10 Å². The maximum atomic E-state index is 11.8. The summed E-state index contributed by atoms with van der Waals surface area (Å²) in [6.45, 7) is -0.242. The third-order valence-electron chi connectivity index (χ3n) is 3.08. The summed E-state index contributed by atoms with van der Waals surface area (Å²) < 4.78 is 15.8. The van der Waals surface area contributed by atoms with Crippen LogP contribution in [0.4, 0.5) is 0 Å². The lowest BCUT2D eigenvalue weighted by atomic mass is 10.2. The minimum absolute atomic E-state index is 0.242. The number of methoxy groups -OCH3 is 2. The van der Waals surface area contributed by atoms with E-state index in [2.05, 4.69) is 10.5 Å². The number of nitrogens with zero attached hydrogens (tertiary/aromatic N) is 1. The van der Waals surface area contributed by atoms with Crippen LogP contribution in [0, 0.1) is 0 Å². The summed E-state index contributed by atoms with van der Waals surface area (Å²) in [6, 6.07) is 10.1. The van der Waals surface area contributed by atoms with Crippen LogP contribution in [0.5, 0.6) is 17.2 Å². The first-order chi connectivity index (χ1) is 12.0. The van der Waals surface area contributed by atoms with Crippen LogP contribution in [0.15, 0.2) is 41.5 Å². The molecule has 0 aliphatic heterocycles. The van der Waals surface area contributed by atoms with Gasteiger partial charge >= 0.3 is 0 Å². The number of carbonyl (C=O) groups is 1. The fraction of sp³-hybridized carbons (Fsp3) is 0.176. The van der Waals surface area contributed by atoms with Crippen molar-refractivity contribution < 1.29 is 19.0 Å². The van der Waals surface area contributed by atoms with E-state index in [1.54, 1.807) is 37.4 Å². The molecule has 132 valence electrons. The summed E-state index contributed by atoms with van der Waals surface area (Å²) >= 11 is 11.8. The van der Waals surface area contributed by atoms with Crippen LogP contribution in [0.2, 0.25) is 10.0 Å². The van der Waals surface area contributed by atoms with Gasteiger partial charge < -0.3 is 14.2 Å². The SMILES string of the molecule is COc1cccc(/C=N\NC(=O)COc2ccc(Cl)cc2Cl)c1OC. The smallest absolute Gasteiger partial charge is 0.277 e. The molecule has 0 aromatic heterocycles. The van der Waals surface area contributed by atoms with Crippen molar-refractivity contribution in [3.8, 4) is 17.2 Å². The predicted molar refractivity (Wildman–Crippen MR) is 97.2 cm³/mol. The van der Waals surface area contributed by atoms with Crippen LogP contribution in [0.1, 0.15) is 5.56 Å². The van der Waals surface area contributed by atoms with Gasteiger partial charge in [0.1, 0.15) is 5.75 Å². The van der Waals surface area contributed by atoms with Crippen LogP contribution in [-0.2, 0) is 4.79 Å². The topological polar surface area (TPSA) is 69.2 Å². The maximum absolute atomic E-state index is 11.8. The summed E-state index contributed by atoms with van der Waals surface area (Å²) in [5.74, 6) is 1.01. The van der Waals surface area contributed by atoms with Gasteiger partial charge in [-0.3, -0.25) is 4.79 Å². The molecule has 0 spiro atoms. The molecule has 1 N–H and O–H groups in total. The minimum Gasteiger partial charge on any atom is -0.493 e. The maximum Gasteiger partial charge on any atom is 0.277 e. The van der Waals surface area contributed by atoms with Crippen molar-refractivity contribution in [2.75, 3.05) is 20.8 Å². The number of amides is 1. The van der Waals surface area contributed by atoms with Gasteiger partial charge in [0.25, 0.3) is 5.91 Å². The number of halogens is 2. The van der Waals surface area contributed by atoms with E-state index in [0.717, 1.165) is 0 Å². The van der Waals surface area contributed by atoms with Gasteiger partial charge in [0, 0.05) is 10.6 Å². The summed E-state index contributed by atoms with van der Waals surface area (Å²) in [5, 5.41) is 4.69. The van der Waals surface area contributed by atoms with Crippen molar-refractivity contribution >= 4 is 35.3 Å². The molecule has 2 rings (SSSR count). The number of nitrogens with one attached hydrogen (secondary N) is 1. The third-order valence-corrected chi connectivity index (χ3v) is 3.61. The van der Waals surface area contributed by atoms with Gasteiger partial charge in [-0.25, -0.2) is 5.43 Å². The molecule has 0 aliphatic carbocycles. The third kappa shape index (κ3) is 5.27. The lowest BCUT2D eigenvalue weighted by molar-refractivity contribution is -0.123. The molecule has 0 aliphatic rings. The van der Waals surface area contributed by atoms with Gasteiger partial charge in [-0.05, 0) is 30.3 Å². The first kappa shape index (κ1) is 18.9. The van der Waals surface area contributed by atoms with Crippen molar-refractivity contribution in [2.45, 2.75) is 0 Å². The van der Waals surface area contributed by atoms with Gasteiger partial charge in [-0.2, -0.15) is 5.10 Å². The van der Waals surface area contributed by atoms with Gasteiger partial charge in [-0.15, -0.1) is 0 Å². The summed E-state index contributed by atoms with van der Waals surface area (Å²) in [7, 11) is 3.07. The van der Waals surface area contributed by atoms with Gasteiger partial charge in [0.05, 0.1) is 25.5 Å². The van der Waals surface area contributed by atoms with E-state index in [1.807, 2.05) is 0 Å². The number of carbonyl (C=O) groups excluding carboxylic acids is 1. The van der Waals surface area contributed by atoms with E-state index in [9.17, 15) is 4.79 Å². The fourth-order valence-corrected chi connectivity index (χ4v) is 2.42. The molecule has 25 heavy (non-hydrogen) atoms. The molecule has 0 saturated heterocycles. The molecule has 1 amide bonds. The lowest BCUT2D eigenvalue weighted by Gasteiger charge is -2.09. The zero-order valence-electron chi connectivity index (χ0n) is 13.6. The first-order valence-electron chi connectivity index (χ1n) is 7.16. The Balaban J connectivity index is 1.92. The Labute approximate surface area is 155 Å². The molecule has 0 bridgehead atoms. The summed E-state index contributed by atoms with van der Waals surface area (Å²) in [4.78, 5) is 11.8. The molecule has 6 nitrogen and oxygen atoms in total. The van der Waals surface area contributed by atoms with Crippen LogP contribution in [0.25, 0.3) is 0 Å². The van der Waals surface area contributed by atoms with E-state index in [4.69, 9.17) is 37.4 Å². The van der Waals surface area contributed by atoms with Crippen molar-refractivity contribution in [1.82, 2.24) is 5.43 Å². The monoisotopic (exact) mass is 382 g/mol. The van der Waals surface area contributed by atoms with E-state index >= 15 is 0 Å². The molecule has 0 fully saturated rings. The average Bonchev–Trinajstić information content (AvgIpc) is 2.60. The van der Waals surface area contributed by atoms with Gasteiger partial charge in [0.15, 0.2) is 18.1 Å². The zero-order chi connectivity index (χ0) is 18.2. The van der Waals surface area contributed by atoms with Gasteiger partial charge in [-0.1, -0.05) is 29.3 Å². The number of ether oxygens (including phenoxy) is 3. The van der Waals surface area contributed by atoms with Crippen LogP contribution < -0.4 is 19.6 Å². The predicted octanol–water partition coefficient (Wildman–Crippen LogP) is 3.54. The minimum atomic E-state index is -0.441. The molecule has 2 aromatic carbocycles. The number of para-hydroxylation sites is 1. The fourth-order valence-electron chi connectivity index (χ4n) is 1.96. The number of hydrogen-bond acceptors (Lipinski definition) is 5. The highest BCUT2D eigenvalue weighted by Crippen LogP contribution is 2.29. The molecule has 0 radical (unpaired) electrons. The van der Waals surface area contributed by atoms with Crippen LogP contribution >= 0.6 is 23.2 Å². The van der Waals surface area contributed by atoms with E-state index < -0.39 is 5.91 Å². The number of hydrazone groups is 1. The Morgan fingerprint density at radius 3 is 2.64 bits per heavy atom. The molecule has 0 saturated carbocycles. The summed E-state index contributed by atoms with van der Waals surface area (Å²) in [6.07, 6.45) is 1.45. The van der Waals surface area contributed by atoms with E-state index in [0.29, 0.717) is 32.9 Å². The molecule has 8 heteroatoms. The van der Waals surface area contributed by atoms with Gasteiger partial charge in [0.2, 0.25) is 0 Å². The molecule has 0 atom stereocenters. The van der Waals surface area contributed by atoms with Crippen LogP contribution in [0.3, 0.4) is 0 Å². The Morgan fingerprint density at radius 1 is 1.16 bits per heavy atom.